The lowest BCUT2D eigenvalue weighted by Crippen LogP contribution is -2.54. The van der Waals surface area contributed by atoms with Crippen LogP contribution in [0.5, 0.6) is 11.5 Å². The van der Waals surface area contributed by atoms with Gasteiger partial charge in [0.05, 0.1) is 19.1 Å². The van der Waals surface area contributed by atoms with Crippen LogP contribution in [0, 0.1) is 5.92 Å². The molecule has 4 rings (SSSR count). The number of likely N-dealkylation sites (tertiary alicyclic amines) is 1. The summed E-state index contributed by atoms with van der Waals surface area (Å²) in [5.41, 5.74) is 0.410. The third-order valence-electron chi connectivity index (χ3n) is 6.97. The zero-order valence-electron chi connectivity index (χ0n) is 20.7. The van der Waals surface area contributed by atoms with E-state index in [1.54, 1.807) is 41.3 Å². The van der Waals surface area contributed by atoms with Gasteiger partial charge in [-0.1, -0.05) is 6.07 Å². The second-order valence-corrected chi connectivity index (χ2v) is 11.1. The number of nitrogens with one attached hydrogen (secondary N) is 1. The molecule has 2 aromatic carbocycles. The van der Waals surface area contributed by atoms with E-state index in [-0.39, 0.29) is 35.7 Å². The Balaban J connectivity index is 1.48. The van der Waals surface area contributed by atoms with Crippen molar-refractivity contribution in [2.45, 2.75) is 36.6 Å². The van der Waals surface area contributed by atoms with Gasteiger partial charge in [0.15, 0.2) is 0 Å². The number of hydrogen-bond donors (Lipinski definition) is 1. The Hall–Kier alpha value is -3.11. The maximum absolute atomic E-state index is 13.4. The van der Waals surface area contributed by atoms with Gasteiger partial charge in [-0.05, 0) is 74.1 Å². The van der Waals surface area contributed by atoms with E-state index < -0.39 is 16.1 Å². The number of amides is 2. The number of hydrogen-bond acceptors (Lipinski definition) is 6. The lowest BCUT2D eigenvalue weighted by molar-refractivity contribution is -0.133. The summed E-state index contributed by atoms with van der Waals surface area (Å²) in [6.45, 7) is 1.90. The Kier molecular flexibility index (Phi) is 8.15. The van der Waals surface area contributed by atoms with Crippen LogP contribution in [0.1, 0.15) is 36.0 Å². The lowest BCUT2D eigenvalue weighted by atomic mass is 9.89. The number of carbonyl (C=O) groups excluding carboxylic acids is 2. The summed E-state index contributed by atoms with van der Waals surface area (Å²) in [5, 5.41) is 2.96. The first-order chi connectivity index (χ1) is 17.3. The SMILES string of the molecule is COc1ccc(S(=O)(=O)N2CCC([C@H](NC(=O)c3cccc(OC)c3)C(=O)N3CCCC3)CC2)cc1. The molecule has 194 valence electrons. The van der Waals surface area contributed by atoms with Gasteiger partial charge in [0.2, 0.25) is 15.9 Å². The molecule has 0 saturated carbocycles. The molecule has 2 amide bonds. The lowest BCUT2D eigenvalue weighted by Gasteiger charge is -2.36. The highest BCUT2D eigenvalue weighted by molar-refractivity contribution is 7.89. The van der Waals surface area contributed by atoms with Gasteiger partial charge >= 0.3 is 0 Å². The minimum Gasteiger partial charge on any atom is -0.497 e. The minimum atomic E-state index is -3.66. The second kappa shape index (κ2) is 11.3. The average Bonchev–Trinajstić information content (AvgIpc) is 3.46. The molecular weight excluding hydrogens is 482 g/mol. The van der Waals surface area contributed by atoms with Crippen LogP contribution < -0.4 is 14.8 Å². The van der Waals surface area contributed by atoms with Crippen LogP contribution in [-0.4, -0.2) is 75.9 Å². The van der Waals surface area contributed by atoms with Gasteiger partial charge in [-0.25, -0.2) is 8.42 Å². The highest BCUT2D eigenvalue weighted by Crippen LogP contribution is 2.28. The first-order valence-electron chi connectivity index (χ1n) is 12.2. The van der Waals surface area contributed by atoms with Crippen molar-refractivity contribution in [1.29, 1.82) is 0 Å². The Morgan fingerprint density at radius 3 is 2.17 bits per heavy atom. The highest BCUT2D eigenvalue weighted by atomic mass is 32.2. The Morgan fingerprint density at radius 1 is 0.917 bits per heavy atom. The monoisotopic (exact) mass is 515 g/mol. The number of carbonyl (C=O) groups is 2. The van der Waals surface area contributed by atoms with Gasteiger partial charge in [0, 0.05) is 31.7 Å². The minimum absolute atomic E-state index is 0.0970. The molecule has 36 heavy (non-hydrogen) atoms. The Morgan fingerprint density at radius 2 is 1.56 bits per heavy atom. The molecule has 0 radical (unpaired) electrons. The highest BCUT2D eigenvalue weighted by Gasteiger charge is 2.38. The number of nitrogens with zero attached hydrogens (tertiary/aromatic N) is 2. The van der Waals surface area contributed by atoms with Gasteiger partial charge in [-0.2, -0.15) is 4.31 Å². The summed E-state index contributed by atoms with van der Waals surface area (Å²) in [4.78, 5) is 28.5. The van der Waals surface area contributed by atoms with Gasteiger partial charge in [-0.3, -0.25) is 9.59 Å². The normalized spacial score (nSPS) is 18.0. The van der Waals surface area contributed by atoms with Crippen LogP contribution in [0.4, 0.5) is 0 Å². The summed E-state index contributed by atoms with van der Waals surface area (Å²) in [5.74, 6) is 0.528. The third kappa shape index (κ3) is 5.65. The molecule has 2 heterocycles. The predicted octanol–water partition coefficient (Wildman–Crippen LogP) is 2.53. The van der Waals surface area contributed by atoms with E-state index in [0.29, 0.717) is 43.0 Å². The number of sulfonamides is 1. The zero-order chi connectivity index (χ0) is 25.7. The fraction of sp³-hybridized carbons (Fsp3) is 0.462. The molecule has 1 N–H and O–H groups in total. The van der Waals surface area contributed by atoms with Crippen LogP contribution in [0.25, 0.3) is 0 Å². The van der Waals surface area contributed by atoms with E-state index >= 15 is 0 Å². The van der Waals surface area contributed by atoms with Crippen LogP contribution in [-0.2, 0) is 14.8 Å². The Labute approximate surface area is 212 Å². The van der Waals surface area contributed by atoms with Gasteiger partial charge in [-0.15, -0.1) is 0 Å². The average molecular weight is 516 g/mol. The van der Waals surface area contributed by atoms with Crippen molar-refractivity contribution in [3.8, 4) is 11.5 Å². The first-order valence-corrected chi connectivity index (χ1v) is 13.7. The molecule has 2 aliphatic rings. The molecule has 0 spiro atoms. The molecule has 10 heteroatoms. The van der Waals surface area contributed by atoms with E-state index in [1.807, 2.05) is 0 Å². The van der Waals surface area contributed by atoms with Crippen LogP contribution in [0.15, 0.2) is 53.4 Å². The third-order valence-corrected chi connectivity index (χ3v) is 8.88. The zero-order valence-corrected chi connectivity index (χ0v) is 21.5. The molecule has 2 aromatic rings. The van der Waals surface area contributed by atoms with E-state index in [9.17, 15) is 18.0 Å². The van der Waals surface area contributed by atoms with Crippen LogP contribution >= 0.6 is 0 Å². The maximum Gasteiger partial charge on any atom is 0.252 e. The quantitative estimate of drug-likeness (QED) is 0.579. The van der Waals surface area contributed by atoms with Crippen molar-refractivity contribution < 1.29 is 27.5 Å². The van der Waals surface area contributed by atoms with Crippen molar-refractivity contribution in [2.24, 2.45) is 5.92 Å². The number of ether oxygens (including phenoxy) is 2. The molecule has 2 aliphatic heterocycles. The Bertz CT molecular complexity index is 1170. The molecule has 9 nitrogen and oxygen atoms in total. The number of methoxy groups -OCH3 is 2. The summed E-state index contributed by atoms with van der Waals surface area (Å²) in [6, 6.07) is 12.4. The smallest absolute Gasteiger partial charge is 0.252 e. The summed E-state index contributed by atoms with van der Waals surface area (Å²) >= 11 is 0. The van der Waals surface area contributed by atoms with Crippen molar-refractivity contribution in [3.05, 3.63) is 54.1 Å². The molecule has 0 aliphatic carbocycles. The number of piperidine rings is 1. The molecule has 0 aromatic heterocycles. The summed E-state index contributed by atoms with van der Waals surface area (Å²) in [6.07, 6.45) is 2.83. The number of rotatable bonds is 8. The fourth-order valence-electron chi connectivity index (χ4n) is 4.85. The van der Waals surface area contributed by atoms with Crippen LogP contribution in [0.2, 0.25) is 0 Å². The van der Waals surface area contributed by atoms with E-state index in [0.717, 1.165) is 12.8 Å². The molecule has 0 unspecified atom stereocenters. The van der Waals surface area contributed by atoms with E-state index in [4.69, 9.17) is 9.47 Å². The van der Waals surface area contributed by atoms with Gasteiger partial charge in [0.1, 0.15) is 17.5 Å². The standard InChI is InChI=1S/C26H33N3O6S/c1-34-21-8-10-23(11-9-21)36(32,33)29-16-12-19(13-17-29)24(26(31)28-14-3-4-15-28)27-25(30)20-6-5-7-22(18-20)35-2/h5-11,18-19,24H,3-4,12-17H2,1-2H3,(H,27,30)/t24-/m0/s1. The molecule has 2 fully saturated rings. The van der Waals surface area contributed by atoms with Crippen molar-refractivity contribution in [1.82, 2.24) is 14.5 Å². The van der Waals surface area contributed by atoms with Crippen molar-refractivity contribution in [3.63, 3.8) is 0 Å². The topological polar surface area (TPSA) is 105 Å². The molecule has 0 bridgehead atoms. The van der Waals surface area contributed by atoms with E-state index in [1.165, 1.54) is 30.7 Å². The van der Waals surface area contributed by atoms with Gasteiger partial charge < -0.3 is 19.7 Å². The van der Waals surface area contributed by atoms with E-state index in [2.05, 4.69) is 5.32 Å². The van der Waals surface area contributed by atoms with Gasteiger partial charge in [0.25, 0.3) is 5.91 Å². The second-order valence-electron chi connectivity index (χ2n) is 9.13. The fourth-order valence-corrected chi connectivity index (χ4v) is 6.32. The largest absolute Gasteiger partial charge is 0.497 e. The molecular formula is C26H33N3O6S. The summed E-state index contributed by atoms with van der Waals surface area (Å²) in [7, 11) is -0.603. The first kappa shape index (κ1) is 26.0. The van der Waals surface area contributed by atoms with Crippen LogP contribution in [0.3, 0.4) is 0 Å². The number of benzene rings is 2. The summed E-state index contributed by atoms with van der Waals surface area (Å²) < 4.78 is 38.1. The van der Waals surface area contributed by atoms with Crippen molar-refractivity contribution in [2.75, 3.05) is 40.4 Å². The van der Waals surface area contributed by atoms with Crippen molar-refractivity contribution >= 4 is 21.8 Å². The molecule has 1 atom stereocenters. The predicted molar refractivity (Wildman–Crippen MR) is 135 cm³/mol. The maximum atomic E-state index is 13.4. The molecule has 2 saturated heterocycles.